The fourth-order valence-electron chi connectivity index (χ4n) is 2.42. The molecule has 0 saturated heterocycles. The van der Waals surface area contributed by atoms with Crippen LogP contribution in [0.4, 0.5) is 0 Å². The molecule has 1 heterocycles. The minimum atomic E-state index is 0.520. The van der Waals surface area contributed by atoms with Crippen molar-refractivity contribution >= 4 is 21.6 Å². The van der Waals surface area contributed by atoms with Crippen LogP contribution in [0.25, 0.3) is 10.2 Å². The summed E-state index contributed by atoms with van der Waals surface area (Å²) in [6, 6.07) is 8.39. The number of para-hydroxylation sites is 1. The second-order valence-corrected chi connectivity index (χ2v) is 5.54. The van der Waals surface area contributed by atoms with E-state index >= 15 is 0 Å². The highest BCUT2D eigenvalue weighted by Gasteiger charge is 2.22. The second kappa shape index (κ2) is 4.02. The lowest BCUT2D eigenvalue weighted by molar-refractivity contribution is 0.541. The Bertz CT molecular complexity index is 493. The van der Waals surface area contributed by atoms with Crippen LogP contribution in [0.15, 0.2) is 36.4 Å². The van der Waals surface area contributed by atoms with Crippen molar-refractivity contribution in [2.45, 2.75) is 31.6 Å². The van der Waals surface area contributed by atoms with Crippen molar-refractivity contribution in [2.75, 3.05) is 0 Å². The van der Waals surface area contributed by atoms with Crippen molar-refractivity contribution in [3.63, 3.8) is 0 Å². The lowest BCUT2D eigenvalue weighted by atomic mass is 9.86. The second-order valence-electron chi connectivity index (χ2n) is 4.48. The number of thiazole rings is 1. The van der Waals surface area contributed by atoms with E-state index in [0.717, 1.165) is 5.52 Å². The molecule has 16 heavy (non-hydrogen) atoms. The number of allylic oxidation sites excluding steroid dienone is 1. The average Bonchev–Trinajstić information content (AvgIpc) is 2.73. The molecular weight excluding hydrogens is 214 g/mol. The fourth-order valence-corrected chi connectivity index (χ4v) is 3.58. The summed E-state index contributed by atoms with van der Waals surface area (Å²) in [5.74, 6) is 0.520. The number of aromatic nitrogens is 1. The molecule has 1 saturated carbocycles. The third-order valence-electron chi connectivity index (χ3n) is 3.34. The Kier molecular flexibility index (Phi) is 2.52. The van der Waals surface area contributed by atoms with Gasteiger partial charge in [0.25, 0.3) is 0 Å². The molecule has 0 aliphatic heterocycles. The third-order valence-corrected chi connectivity index (χ3v) is 4.49. The van der Waals surface area contributed by atoms with Gasteiger partial charge in [0.15, 0.2) is 0 Å². The van der Waals surface area contributed by atoms with Crippen molar-refractivity contribution in [1.82, 2.24) is 4.98 Å². The molecule has 0 spiro atoms. The summed E-state index contributed by atoms with van der Waals surface area (Å²) >= 11 is 1.84. The van der Waals surface area contributed by atoms with Crippen LogP contribution in [0.5, 0.6) is 0 Å². The topological polar surface area (TPSA) is 12.9 Å². The van der Waals surface area contributed by atoms with Gasteiger partial charge >= 0.3 is 0 Å². The zero-order valence-corrected chi connectivity index (χ0v) is 10.1. The van der Waals surface area contributed by atoms with Crippen molar-refractivity contribution in [3.05, 3.63) is 41.4 Å². The molecule has 3 rings (SSSR count). The molecule has 0 amide bonds. The molecule has 1 nitrogen and oxygen atoms in total. The Labute approximate surface area is 99.8 Å². The van der Waals surface area contributed by atoms with Crippen LogP contribution in [0, 0.1) is 0 Å². The van der Waals surface area contributed by atoms with Crippen LogP contribution in [-0.2, 0) is 0 Å². The monoisotopic (exact) mass is 229 g/mol. The van der Waals surface area contributed by atoms with Crippen LogP contribution in [0.1, 0.15) is 36.6 Å². The molecule has 1 aromatic carbocycles. The lowest BCUT2D eigenvalue weighted by Gasteiger charge is -2.22. The molecule has 1 aliphatic rings. The van der Waals surface area contributed by atoms with Gasteiger partial charge in [-0.25, -0.2) is 4.98 Å². The van der Waals surface area contributed by atoms with Gasteiger partial charge in [-0.2, -0.15) is 0 Å². The summed E-state index contributed by atoms with van der Waals surface area (Å²) < 4.78 is 1.30. The van der Waals surface area contributed by atoms with E-state index in [9.17, 15) is 0 Å². The quantitative estimate of drug-likeness (QED) is 0.656. The smallest absolute Gasteiger partial charge is 0.101 e. The van der Waals surface area contributed by atoms with E-state index in [1.54, 1.807) is 0 Å². The maximum Gasteiger partial charge on any atom is 0.101 e. The maximum absolute atomic E-state index is 4.74. The number of hydrogen-bond donors (Lipinski definition) is 0. The molecule has 1 fully saturated rings. The first kappa shape index (κ1) is 10.0. The first-order valence-corrected chi connectivity index (χ1v) is 6.69. The Hall–Kier alpha value is -1.15. The normalized spacial score (nSPS) is 21.5. The summed E-state index contributed by atoms with van der Waals surface area (Å²) in [5.41, 5.74) is 2.52. The summed E-state index contributed by atoms with van der Waals surface area (Å²) in [7, 11) is 0. The number of nitrogens with zero attached hydrogens (tertiary/aromatic N) is 1. The molecule has 1 aromatic heterocycles. The van der Waals surface area contributed by atoms with Gasteiger partial charge < -0.3 is 0 Å². The van der Waals surface area contributed by atoms with Gasteiger partial charge in [0.1, 0.15) is 5.01 Å². The van der Waals surface area contributed by atoms with E-state index in [1.165, 1.54) is 41.0 Å². The van der Waals surface area contributed by atoms with E-state index < -0.39 is 0 Å². The fraction of sp³-hybridized carbons (Fsp3) is 0.357. The van der Waals surface area contributed by atoms with Crippen molar-refractivity contribution in [2.24, 2.45) is 0 Å². The highest BCUT2D eigenvalue weighted by molar-refractivity contribution is 7.18. The first-order valence-electron chi connectivity index (χ1n) is 5.88. The van der Waals surface area contributed by atoms with Gasteiger partial charge in [0.2, 0.25) is 0 Å². The predicted octanol–water partition coefficient (Wildman–Crippen LogP) is 4.51. The summed E-state index contributed by atoms with van der Waals surface area (Å²) in [6.07, 6.45) is 5.04. The molecule has 0 N–H and O–H groups in total. The van der Waals surface area contributed by atoms with Crippen molar-refractivity contribution in [3.8, 4) is 0 Å². The molecule has 2 heteroatoms. The zero-order valence-electron chi connectivity index (χ0n) is 9.28. The molecule has 1 atom stereocenters. The third kappa shape index (κ3) is 1.67. The lowest BCUT2D eigenvalue weighted by Crippen LogP contribution is -2.06. The Morgan fingerprint density at radius 2 is 2.12 bits per heavy atom. The summed E-state index contributed by atoms with van der Waals surface area (Å²) in [4.78, 5) is 4.74. The highest BCUT2D eigenvalue weighted by Crippen LogP contribution is 2.39. The molecule has 2 aromatic rings. The molecule has 1 unspecified atom stereocenters. The maximum atomic E-state index is 4.74. The Morgan fingerprint density at radius 3 is 2.94 bits per heavy atom. The number of benzene rings is 1. The van der Waals surface area contributed by atoms with Gasteiger partial charge in [-0.15, -0.1) is 11.3 Å². The van der Waals surface area contributed by atoms with Crippen LogP contribution < -0.4 is 0 Å². The van der Waals surface area contributed by atoms with Crippen LogP contribution in [-0.4, -0.2) is 4.98 Å². The van der Waals surface area contributed by atoms with Crippen LogP contribution >= 0.6 is 11.3 Å². The van der Waals surface area contributed by atoms with E-state index in [-0.39, 0.29) is 0 Å². The number of rotatable bonds is 1. The first-order chi connectivity index (χ1) is 7.84. The standard InChI is InChI=1S/C14H15NS/c1-10-6-2-3-7-11(10)14-15-12-8-4-5-9-13(12)16-14/h4-5,8-9,11H,1-3,6-7H2. The summed E-state index contributed by atoms with van der Waals surface area (Å²) in [5, 5.41) is 1.27. The average molecular weight is 229 g/mol. The van der Waals surface area contributed by atoms with E-state index in [1.807, 2.05) is 11.3 Å². The zero-order chi connectivity index (χ0) is 11.0. The highest BCUT2D eigenvalue weighted by atomic mass is 32.1. The largest absolute Gasteiger partial charge is 0.241 e. The summed E-state index contributed by atoms with van der Waals surface area (Å²) in [6.45, 7) is 4.21. The molecule has 82 valence electrons. The van der Waals surface area contributed by atoms with Gasteiger partial charge in [-0.1, -0.05) is 30.7 Å². The molecule has 0 radical (unpaired) electrons. The predicted molar refractivity (Wildman–Crippen MR) is 70.0 cm³/mol. The van der Waals surface area contributed by atoms with Crippen molar-refractivity contribution < 1.29 is 0 Å². The minimum absolute atomic E-state index is 0.520. The van der Waals surface area contributed by atoms with Gasteiger partial charge in [-0.05, 0) is 31.4 Å². The molecule has 1 aliphatic carbocycles. The number of fused-ring (bicyclic) bond motifs is 1. The number of hydrogen-bond acceptors (Lipinski definition) is 2. The van der Waals surface area contributed by atoms with E-state index in [0.29, 0.717) is 5.92 Å². The van der Waals surface area contributed by atoms with Crippen molar-refractivity contribution in [1.29, 1.82) is 0 Å². The van der Waals surface area contributed by atoms with E-state index in [2.05, 4.69) is 30.8 Å². The SMILES string of the molecule is C=C1CCCCC1c1nc2ccccc2s1. The van der Waals surface area contributed by atoms with Gasteiger partial charge in [-0.3, -0.25) is 0 Å². The van der Waals surface area contributed by atoms with Crippen LogP contribution in [0.2, 0.25) is 0 Å². The Balaban J connectivity index is 2.01. The molecule has 0 bridgehead atoms. The molecular formula is C14H15NS. The minimum Gasteiger partial charge on any atom is -0.241 e. The van der Waals surface area contributed by atoms with Gasteiger partial charge in [0.05, 0.1) is 10.2 Å². The van der Waals surface area contributed by atoms with Crippen LogP contribution in [0.3, 0.4) is 0 Å². The van der Waals surface area contributed by atoms with Gasteiger partial charge in [0, 0.05) is 5.92 Å². The van der Waals surface area contributed by atoms with E-state index in [4.69, 9.17) is 4.98 Å². The Morgan fingerprint density at radius 1 is 1.25 bits per heavy atom.